The van der Waals surface area contributed by atoms with Gasteiger partial charge in [-0.25, -0.2) is 8.42 Å². The van der Waals surface area contributed by atoms with E-state index in [9.17, 15) is 13.2 Å². The minimum atomic E-state index is -3.60. The van der Waals surface area contributed by atoms with Crippen molar-refractivity contribution in [2.24, 2.45) is 0 Å². The van der Waals surface area contributed by atoms with Gasteiger partial charge in [-0.05, 0) is 42.7 Å². The first kappa shape index (κ1) is 22.0. The normalized spacial score (nSPS) is 20.3. The molecule has 4 rings (SSSR count). The second-order valence-electron chi connectivity index (χ2n) is 7.46. The molecule has 0 spiro atoms. The van der Waals surface area contributed by atoms with E-state index in [0.717, 1.165) is 16.9 Å². The van der Waals surface area contributed by atoms with Crippen LogP contribution in [-0.2, 0) is 25.0 Å². The Kier molecular flexibility index (Phi) is 6.44. The van der Waals surface area contributed by atoms with Crippen molar-refractivity contribution in [3.05, 3.63) is 51.3 Å². The van der Waals surface area contributed by atoms with E-state index >= 15 is 0 Å². The average molecular weight is 489 g/mol. The fourth-order valence-electron chi connectivity index (χ4n) is 4.13. The molecule has 2 fully saturated rings. The van der Waals surface area contributed by atoms with Crippen molar-refractivity contribution in [1.29, 1.82) is 0 Å². The molecule has 162 valence electrons. The topological polar surface area (TPSA) is 66.9 Å². The zero-order valence-electron chi connectivity index (χ0n) is 16.2. The van der Waals surface area contributed by atoms with E-state index in [1.54, 1.807) is 17.0 Å². The molecule has 2 aromatic rings. The van der Waals surface area contributed by atoms with E-state index in [4.69, 9.17) is 27.9 Å². The Hall–Kier alpha value is -1.16. The van der Waals surface area contributed by atoms with Gasteiger partial charge in [-0.15, -0.1) is 11.3 Å². The lowest BCUT2D eigenvalue weighted by Crippen LogP contribution is -2.56. The van der Waals surface area contributed by atoms with Crippen LogP contribution in [0, 0.1) is 0 Å². The van der Waals surface area contributed by atoms with Crippen molar-refractivity contribution < 1.29 is 17.9 Å². The van der Waals surface area contributed by atoms with Gasteiger partial charge < -0.3 is 9.64 Å². The third kappa shape index (κ3) is 4.13. The quantitative estimate of drug-likeness (QED) is 0.658. The molecule has 0 radical (unpaired) electrons. The maximum atomic E-state index is 13.7. The molecule has 10 heteroatoms. The first-order chi connectivity index (χ1) is 14.3. The number of carbonyl (C=O) groups excluding carboxylic acids is 1. The molecular formula is C20H22Cl2N2O4S2. The second-order valence-corrected chi connectivity index (χ2v) is 11.8. The molecule has 0 saturated carbocycles. The van der Waals surface area contributed by atoms with Crippen molar-refractivity contribution in [1.82, 2.24) is 9.21 Å². The Bertz CT molecular complexity index is 1030. The number of hydrogen-bond donors (Lipinski definition) is 0. The lowest BCUT2D eigenvalue weighted by molar-refractivity contribution is -0.142. The summed E-state index contributed by atoms with van der Waals surface area (Å²) in [6.07, 6.45) is 1.16. The van der Waals surface area contributed by atoms with Gasteiger partial charge in [0, 0.05) is 44.4 Å². The molecule has 3 heterocycles. The van der Waals surface area contributed by atoms with E-state index in [0.29, 0.717) is 48.5 Å². The van der Waals surface area contributed by atoms with Gasteiger partial charge in [0.15, 0.2) is 0 Å². The van der Waals surface area contributed by atoms with Crippen LogP contribution in [-0.4, -0.2) is 62.9 Å². The van der Waals surface area contributed by atoms with Crippen molar-refractivity contribution in [2.45, 2.75) is 22.5 Å². The summed E-state index contributed by atoms with van der Waals surface area (Å²) >= 11 is 13.2. The molecule has 1 aromatic heterocycles. The smallest absolute Gasteiger partial charge is 0.252 e. The van der Waals surface area contributed by atoms with Gasteiger partial charge in [-0.1, -0.05) is 35.3 Å². The number of ether oxygens (including phenoxy) is 1. The first-order valence-electron chi connectivity index (χ1n) is 9.72. The lowest BCUT2D eigenvalue weighted by atomic mass is 9.73. The number of benzene rings is 1. The highest BCUT2D eigenvalue weighted by molar-refractivity contribution is 7.91. The van der Waals surface area contributed by atoms with Crippen LogP contribution in [0.1, 0.15) is 18.4 Å². The Morgan fingerprint density at radius 1 is 1.03 bits per heavy atom. The van der Waals surface area contributed by atoms with Crippen LogP contribution in [0.25, 0.3) is 0 Å². The zero-order valence-corrected chi connectivity index (χ0v) is 19.4. The van der Waals surface area contributed by atoms with Gasteiger partial charge in [-0.2, -0.15) is 4.31 Å². The number of carbonyl (C=O) groups is 1. The van der Waals surface area contributed by atoms with Gasteiger partial charge in [0.25, 0.3) is 10.0 Å². The summed E-state index contributed by atoms with van der Waals surface area (Å²) < 4.78 is 33.3. The Balaban J connectivity index is 1.52. The number of sulfonamides is 1. The third-order valence-electron chi connectivity index (χ3n) is 5.80. The zero-order chi connectivity index (χ0) is 21.4. The Morgan fingerprint density at radius 2 is 1.73 bits per heavy atom. The highest BCUT2D eigenvalue weighted by atomic mass is 35.5. The first-order valence-corrected chi connectivity index (χ1v) is 12.7. The molecule has 2 aliphatic rings. The molecular weight excluding hydrogens is 467 g/mol. The fraction of sp³-hybridized carbons (Fsp3) is 0.450. The number of halogens is 2. The second kappa shape index (κ2) is 8.76. The Labute approximate surface area is 190 Å². The van der Waals surface area contributed by atoms with Crippen molar-refractivity contribution in [3.8, 4) is 0 Å². The van der Waals surface area contributed by atoms with E-state index < -0.39 is 15.4 Å². The fourth-order valence-corrected chi connectivity index (χ4v) is 7.38. The van der Waals surface area contributed by atoms with Gasteiger partial charge in [0.2, 0.25) is 5.91 Å². The molecule has 30 heavy (non-hydrogen) atoms. The average Bonchev–Trinajstić information content (AvgIpc) is 3.21. The molecule has 0 bridgehead atoms. The van der Waals surface area contributed by atoms with E-state index in [-0.39, 0.29) is 23.2 Å². The third-order valence-corrected chi connectivity index (χ3v) is 9.63. The highest BCUT2D eigenvalue weighted by Crippen LogP contribution is 2.38. The number of rotatable bonds is 4. The monoisotopic (exact) mass is 488 g/mol. The summed E-state index contributed by atoms with van der Waals surface area (Å²) in [7, 11) is -3.60. The predicted octanol–water partition coefficient (Wildman–Crippen LogP) is 3.64. The van der Waals surface area contributed by atoms with Gasteiger partial charge >= 0.3 is 0 Å². The van der Waals surface area contributed by atoms with Crippen LogP contribution in [0.2, 0.25) is 9.36 Å². The number of thiophene rings is 1. The minimum Gasteiger partial charge on any atom is -0.381 e. The van der Waals surface area contributed by atoms with Crippen LogP contribution < -0.4 is 0 Å². The van der Waals surface area contributed by atoms with Crippen molar-refractivity contribution in [2.75, 3.05) is 39.4 Å². The minimum absolute atomic E-state index is 0.0179. The molecule has 0 aliphatic carbocycles. The predicted molar refractivity (Wildman–Crippen MR) is 118 cm³/mol. The van der Waals surface area contributed by atoms with Crippen LogP contribution in [0.15, 0.2) is 40.6 Å². The Morgan fingerprint density at radius 3 is 2.33 bits per heavy atom. The molecule has 1 amide bonds. The maximum Gasteiger partial charge on any atom is 0.252 e. The molecule has 2 aliphatic heterocycles. The van der Waals surface area contributed by atoms with Gasteiger partial charge in [-0.3, -0.25) is 4.79 Å². The van der Waals surface area contributed by atoms with Crippen molar-refractivity contribution in [3.63, 3.8) is 0 Å². The summed E-state index contributed by atoms with van der Waals surface area (Å²) in [5.74, 6) is 0.0179. The summed E-state index contributed by atoms with van der Waals surface area (Å²) in [4.78, 5) is 15.4. The lowest BCUT2D eigenvalue weighted by Gasteiger charge is -2.42. The largest absolute Gasteiger partial charge is 0.381 e. The van der Waals surface area contributed by atoms with Crippen LogP contribution in [0.3, 0.4) is 0 Å². The van der Waals surface area contributed by atoms with Crippen LogP contribution in [0.5, 0.6) is 0 Å². The summed E-state index contributed by atoms with van der Waals surface area (Å²) in [5, 5.41) is 0.594. The number of hydrogen-bond acceptors (Lipinski definition) is 5. The van der Waals surface area contributed by atoms with Gasteiger partial charge in [0.1, 0.15) is 4.21 Å². The van der Waals surface area contributed by atoms with Gasteiger partial charge in [0.05, 0.1) is 9.75 Å². The molecule has 2 saturated heterocycles. The molecule has 0 N–H and O–H groups in total. The number of piperazine rings is 1. The molecule has 6 nitrogen and oxygen atoms in total. The summed E-state index contributed by atoms with van der Waals surface area (Å²) in [5.41, 5.74) is 0.206. The number of nitrogens with zero attached hydrogens (tertiary/aromatic N) is 2. The molecule has 0 atom stereocenters. The van der Waals surface area contributed by atoms with Crippen LogP contribution >= 0.6 is 34.5 Å². The maximum absolute atomic E-state index is 13.7. The van der Waals surface area contributed by atoms with Crippen molar-refractivity contribution >= 4 is 50.5 Å². The summed E-state index contributed by atoms with van der Waals surface area (Å²) in [6.45, 7) is 2.22. The highest BCUT2D eigenvalue weighted by Gasteiger charge is 2.45. The summed E-state index contributed by atoms with van der Waals surface area (Å²) in [6, 6.07) is 10.6. The number of amides is 1. The SMILES string of the molecule is O=C(N1CCN(S(=O)(=O)c2ccc(Cl)s2)CC1)C1(c2cccc(Cl)c2)CCOCC1. The molecule has 0 unspecified atom stereocenters. The van der Waals surface area contributed by atoms with E-state index in [2.05, 4.69) is 0 Å². The van der Waals surface area contributed by atoms with Crippen LogP contribution in [0.4, 0.5) is 0 Å². The van der Waals surface area contributed by atoms with E-state index in [1.807, 2.05) is 18.2 Å². The molecule has 1 aromatic carbocycles. The standard InChI is InChI=1S/C20H22Cl2N2O4S2/c21-16-3-1-2-15(14-16)20(6-12-28-13-7-20)19(25)23-8-10-24(11-9-23)30(26,27)18-5-4-17(22)29-18/h1-5,14H,6-13H2. The van der Waals surface area contributed by atoms with E-state index in [1.165, 1.54) is 10.4 Å².